The van der Waals surface area contributed by atoms with Gasteiger partial charge in [-0.15, -0.1) is 0 Å². The monoisotopic (exact) mass is 448 g/mol. The Labute approximate surface area is 189 Å². The van der Waals surface area contributed by atoms with E-state index in [-0.39, 0.29) is 23.2 Å². The number of thioether (sulfide) groups is 1. The molecule has 0 bridgehead atoms. The van der Waals surface area contributed by atoms with Gasteiger partial charge in [-0.1, -0.05) is 61.5 Å². The number of carbonyl (C=O) groups excluding carboxylic acids is 1. The number of nitrogens with zero attached hydrogens (tertiary/aromatic N) is 3. The Morgan fingerprint density at radius 3 is 2.62 bits per heavy atom. The van der Waals surface area contributed by atoms with Crippen molar-refractivity contribution in [2.24, 2.45) is 0 Å². The first-order valence-electron chi connectivity index (χ1n) is 10.3. The van der Waals surface area contributed by atoms with E-state index in [1.54, 1.807) is 0 Å². The second-order valence-corrected chi connectivity index (χ2v) is 8.91. The van der Waals surface area contributed by atoms with Gasteiger partial charge in [-0.2, -0.15) is 0 Å². The lowest BCUT2D eigenvalue weighted by molar-refractivity contribution is -0.131. The number of hydrogen-bond acceptors (Lipinski definition) is 6. The number of benzene rings is 2. The molecule has 0 amide bonds. The lowest BCUT2D eigenvalue weighted by Crippen LogP contribution is -2.14. The Morgan fingerprint density at radius 1 is 1.09 bits per heavy atom. The van der Waals surface area contributed by atoms with Crippen LogP contribution in [0.4, 0.5) is 0 Å². The normalized spacial score (nSPS) is 11.3. The van der Waals surface area contributed by atoms with E-state index in [9.17, 15) is 9.59 Å². The highest BCUT2D eigenvalue weighted by atomic mass is 32.2. The zero-order valence-electron chi connectivity index (χ0n) is 18.4. The molecule has 164 valence electrons. The lowest BCUT2D eigenvalue weighted by Gasteiger charge is -2.13. The van der Waals surface area contributed by atoms with Crippen LogP contribution in [0.25, 0.3) is 17.0 Å². The van der Waals surface area contributed by atoms with Crippen LogP contribution in [0, 0.1) is 13.8 Å². The summed E-state index contributed by atoms with van der Waals surface area (Å²) in [6, 6.07) is 15.1. The molecule has 0 aliphatic rings. The van der Waals surface area contributed by atoms with E-state index in [1.165, 1.54) is 22.3 Å². The van der Waals surface area contributed by atoms with Crippen LogP contribution < -0.4 is 10.3 Å². The zero-order chi connectivity index (χ0) is 22.8. The predicted octanol–water partition coefficient (Wildman–Crippen LogP) is 4.52. The van der Waals surface area contributed by atoms with E-state index >= 15 is 0 Å². The summed E-state index contributed by atoms with van der Waals surface area (Å²) in [5.41, 5.74) is 4.08. The van der Waals surface area contributed by atoms with Gasteiger partial charge >= 0.3 is 5.97 Å². The highest BCUT2D eigenvalue weighted by Crippen LogP contribution is 2.28. The van der Waals surface area contributed by atoms with Crippen LogP contribution in [0.2, 0.25) is 0 Å². The smallest absolute Gasteiger partial charge is 0.321 e. The fourth-order valence-corrected chi connectivity index (χ4v) is 4.10. The minimum absolute atomic E-state index is 0.0328. The summed E-state index contributed by atoms with van der Waals surface area (Å²) in [4.78, 5) is 33.7. The maximum Gasteiger partial charge on any atom is 0.321 e. The molecule has 0 aliphatic heterocycles. The molecule has 2 aromatic heterocycles. The summed E-state index contributed by atoms with van der Waals surface area (Å²) in [6.45, 7) is 8.07. The standard InChI is InChI=1S/C24H24N4O3S/c1-14(2)18-9-8-16(4)11-19(18)31-22(30)13-32-24-26-23(17-7-5-6-15(3)10-17)25-20-12-21(29)27-28(20)24/h5-12,14H,13H2,1-4H3,(H,27,29). The molecule has 32 heavy (non-hydrogen) atoms. The van der Waals surface area contributed by atoms with E-state index in [1.807, 2.05) is 56.3 Å². The fraction of sp³-hybridized carbons (Fsp3) is 0.250. The number of aromatic amines is 1. The van der Waals surface area contributed by atoms with E-state index in [0.717, 1.165) is 22.3 Å². The Morgan fingerprint density at radius 2 is 1.88 bits per heavy atom. The van der Waals surface area contributed by atoms with E-state index in [4.69, 9.17) is 4.74 Å². The molecular weight excluding hydrogens is 424 g/mol. The molecule has 0 fully saturated rings. The summed E-state index contributed by atoms with van der Waals surface area (Å²) < 4.78 is 7.16. The fourth-order valence-electron chi connectivity index (χ4n) is 3.38. The van der Waals surface area contributed by atoms with Gasteiger partial charge in [-0.3, -0.25) is 14.7 Å². The average molecular weight is 449 g/mol. The number of nitrogens with one attached hydrogen (secondary N) is 1. The van der Waals surface area contributed by atoms with Crippen LogP contribution in [-0.2, 0) is 4.79 Å². The van der Waals surface area contributed by atoms with Gasteiger partial charge in [-0.05, 0) is 43.0 Å². The van der Waals surface area contributed by atoms with Crippen LogP contribution >= 0.6 is 11.8 Å². The molecule has 0 atom stereocenters. The molecule has 0 radical (unpaired) electrons. The number of carbonyl (C=O) groups is 1. The van der Waals surface area contributed by atoms with Crippen molar-refractivity contribution in [2.45, 2.75) is 38.8 Å². The first-order chi connectivity index (χ1) is 15.3. The Kier molecular flexibility index (Phi) is 6.14. The summed E-state index contributed by atoms with van der Waals surface area (Å²) >= 11 is 1.19. The van der Waals surface area contributed by atoms with Gasteiger partial charge in [0.15, 0.2) is 16.6 Å². The molecule has 0 aliphatic carbocycles. The van der Waals surface area contributed by atoms with Crippen molar-refractivity contribution in [2.75, 3.05) is 5.75 Å². The minimum Gasteiger partial charge on any atom is -0.426 e. The van der Waals surface area contributed by atoms with E-state index in [2.05, 4.69) is 28.9 Å². The van der Waals surface area contributed by atoms with E-state index in [0.29, 0.717) is 22.4 Å². The molecule has 0 saturated carbocycles. The Balaban J connectivity index is 1.60. The second-order valence-electron chi connectivity index (χ2n) is 7.97. The Bertz CT molecular complexity index is 1360. The van der Waals surface area contributed by atoms with Crippen LogP contribution in [0.3, 0.4) is 0 Å². The molecule has 2 heterocycles. The summed E-state index contributed by atoms with van der Waals surface area (Å²) in [5, 5.41) is 3.14. The van der Waals surface area contributed by atoms with Gasteiger partial charge < -0.3 is 4.74 Å². The SMILES string of the molecule is Cc1cccc(-c2nc(SCC(=O)Oc3cc(C)ccc3C(C)C)n3[nH]c(=O)cc3n2)c1. The number of aromatic nitrogens is 4. The molecule has 4 rings (SSSR count). The van der Waals surface area contributed by atoms with Gasteiger partial charge in [0, 0.05) is 11.6 Å². The molecule has 0 saturated heterocycles. The van der Waals surface area contributed by atoms with Crippen LogP contribution in [0.15, 0.2) is 58.5 Å². The maximum absolute atomic E-state index is 12.6. The zero-order valence-corrected chi connectivity index (χ0v) is 19.2. The van der Waals surface area contributed by atoms with E-state index < -0.39 is 0 Å². The number of aryl methyl sites for hydroxylation is 2. The molecule has 4 aromatic rings. The number of H-pyrrole nitrogens is 1. The quantitative estimate of drug-likeness (QED) is 0.265. The van der Waals surface area contributed by atoms with Crippen molar-refractivity contribution < 1.29 is 9.53 Å². The summed E-state index contributed by atoms with van der Waals surface area (Å²) in [6.07, 6.45) is 0. The van der Waals surface area contributed by atoms with Crippen molar-refractivity contribution in [3.63, 3.8) is 0 Å². The topological polar surface area (TPSA) is 89.3 Å². The minimum atomic E-state index is -0.388. The van der Waals surface area contributed by atoms with Gasteiger partial charge in [0.25, 0.3) is 5.56 Å². The molecule has 2 aromatic carbocycles. The van der Waals surface area contributed by atoms with Crippen molar-refractivity contribution >= 4 is 23.4 Å². The molecule has 0 unspecified atom stereocenters. The second kappa shape index (κ2) is 9.00. The van der Waals surface area contributed by atoms with Gasteiger partial charge in [0.1, 0.15) is 5.75 Å². The largest absolute Gasteiger partial charge is 0.426 e. The first-order valence-corrected chi connectivity index (χ1v) is 11.3. The number of fused-ring (bicyclic) bond motifs is 1. The lowest BCUT2D eigenvalue weighted by atomic mass is 10.0. The predicted molar refractivity (Wildman–Crippen MR) is 125 cm³/mol. The molecular formula is C24H24N4O3S. The van der Waals surface area contributed by atoms with Gasteiger partial charge in [0.2, 0.25) is 0 Å². The van der Waals surface area contributed by atoms with Crippen molar-refractivity contribution in [1.29, 1.82) is 0 Å². The van der Waals surface area contributed by atoms with Crippen molar-refractivity contribution in [3.05, 3.63) is 75.6 Å². The number of rotatable bonds is 6. The highest BCUT2D eigenvalue weighted by Gasteiger charge is 2.16. The maximum atomic E-state index is 12.6. The number of ether oxygens (including phenoxy) is 1. The van der Waals surface area contributed by atoms with Gasteiger partial charge in [0.05, 0.1) is 5.75 Å². The van der Waals surface area contributed by atoms with Crippen LogP contribution in [-0.4, -0.2) is 31.3 Å². The molecule has 0 spiro atoms. The molecule has 8 heteroatoms. The third-order valence-electron chi connectivity index (χ3n) is 4.93. The summed E-state index contributed by atoms with van der Waals surface area (Å²) in [5.74, 6) is 0.943. The highest BCUT2D eigenvalue weighted by molar-refractivity contribution is 7.99. The number of hydrogen-bond donors (Lipinski definition) is 1. The van der Waals surface area contributed by atoms with Crippen molar-refractivity contribution in [1.82, 2.24) is 19.6 Å². The molecule has 1 N–H and O–H groups in total. The van der Waals surface area contributed by atoms with Gasteiger partial charge in [-0.25, -0.2) is 14.5 Å². The van der Waals surface area contributed by atoms with Crippen molar-refractivity contribution in [3.8, 4) is 17.1 Å². The molecule has 7 nitrogen and oxygen atoms in total. The van der Waals surface area contributed by atoms with Crippen LogP contribution in [0.5, 0.6) is 5.75 Å². The average Bonchev–Trinajstić information content (AvgIpc) is 3.12. The third-order valence-corrected chi connectivity index (χ3v) is 5.85. The Hall–Kier alpha value is -3.39. The summed E-state index contributed by atoms with van der Waals surface area (Å²) in [7, 11) is 0. The first kappa shape index (κ1) is 21.8. The van der Waals surface area contributed by atoms with Crippen LogP contribution in [0.1, 0.15) is 36.5 Å². The number of esters is 1. The third kappa shape index (κ3) is 4.75.